The summed E-state index contributed by atoms with van der Waals surface area (Å²) in [6.45, 7) is 6.29. The molecule has 2 aromatic rings. The molecule has 0 aliphatic heterocycles. The van der Waals surface area contributed by atoms with E-state index in [1.807, 2.05) is 0 Å². The predicted molar refractivity (Wildman–Crippen MR) is 82.1 cm³/mol. The summed E-state index contributed by atoms with van der Waals surface area (Å²) in [6, 6.07) is 6.65. The van der Waals surface area contributed by atoms with Crippen LogP contribution in [-0.2, 0) is 12.8 Å². The first kappa shape index (κ1) is 12.2. The van der Waals surface area contributed by atoms with Crippen LogP contribution in [0.25, 0.3) is 16.5 Å². The van der Waals surface area contributed by atoms with Crippen molar-refractivity contribution in [1.82, 2.24) is 4.98 Å². The van der Waals surface area contributed by atoms with Crippen molar-refractivity contribution < 1.29 is 0 Å². The SMILES string of the molecule is C=C(CCC)c1cc2cc3c(cc2nc1N)CCC3. The van der Waals surface area contributed by atoms with Gasteiger partial charge in [0.1, 0.15) is 5.82 Å². The maximum absolute atomic E-state index is 6.09. The Labute approximate surface area is 114 Å². The lowest BCUT2D eigenvalue weighted by Gasteiger charge is -2.10. The molecule has 98 valence electrons. The van der Waals surface area contributed by atoms with Crippen molar-refractivity contribution in [3.63, 3.8) is 0 Å². The molecule has 0 unspecified atom stereocenters. The van der Waals surface area contributed by atoms with Gasteiger partial charge in [0.15, 0.2) is 0 Å². The van der Waals surface area contributed by atoms with Gasteiger partial charge in [-0.1, -0.05) is 19.9 Å². The number of nitrogens with zero attached hydrogens (tertiary/aromatic N) is 1. The third-order valence-corrected chi connectivity index (χ3v) is 3.99. The molecule has 0 fully saturated rings. The maximum atomic E-state index is 6.09. The van der Waals surface area contributed by atoms with E-state index in [2.05, 4.69) is 36.7 Å². The first-order valence-electron chi connectivity index (χ1n) is 7.09. The van der Waals surface area contributed by atoms with Crippen LogP contribution in [0.2, 0.25) is 0 Å². The van der Waals surface area contributed by atoms with Crippen LogP contribution in [0.4, 0.5) is 5.82 Å². The third kappa shape index (κ3) is 2.12. The number of aromatic nitrogens is 1. The van der Waals surface area contributed by atoms with Gasteiger partial charge in [-0.15, -0.1) is 0 Å². The molecule has 0 radical (unpaired) electrons. The molecule has 2 N–H and O–H groups in total. The van der Waals surface area contributed by atoms with Gasteiger partial charge in [0.25, 0.3) is 0 Å². The number of hydrogen-bond acceptors (Lipinski definition) is 2. The molecule has 0 amide bonds. The van der Waals surface area contributed by atoms with Crippen LogP contribution < -0.4 is 5.73 Å². The van der Waals surface area contributed by atoms with Gasteiger partial charge in [0, 0.05) is 10.9 Å². The zero-order valence-electron chi connectivity index (χ0n) is 11.5. The van der Waals surface area contributed by atoms with Crippen LogP contribution in [0.3, 0.4) is 0 Å². The second-order valence-electron chi connectivity index (χ2n) is 5.44. The molecular formula is C17H20N2. The highest BCUT2D eigenvalue weighted by Gasteiger charge is 2.14. The number of fused-ring (bicyclic) bond motifs is 2. The van der Waals surface area contributed by atoms with Crippen LogP contribution in [0.1, 0.15) is 42.9 Å². The Morgan fingerprint density at radius 1 is 1.26 bits per heavy atom. The topological polar surface area (TPSA) is 38.9 Å². The standard InChI is InChI=1S/C17H20N2/c1-3-5-11(2)15-9-14-8-12-6-4-7-13(12)10-16(14)19-17(15)18/h8-10H,2-7H2,1H3,(H2,18,19). The lowest BCUT2D eigenvalue weighted by Crippen LogP contribution is -1.98. The number of nitrogen functional groups attached to an aromatic ring is 1. The van der Waals surface area contributed by atoms with Gasteiger partial charge in [-0.25, -0.2) is 4.98 Å². The zero-order chi connectivity index (χ0) is 13.4. The normalized spacial score (nSPS) is 13.7. The fourth-order valence-corrected chi connectivity index (χ4v) is 2.98. The highest BCUT2D eigenvalue weighted by molar-refractivity contribution is 5.87. The molecule has 0 saturated carbocycles. The summed E-state index contributed by atoms with van der Waals surface area (Å²) in [4.78, 5) is 4.57. The molecule has 2 nitrogen and oxygen atoms in total. The van der Waals surface area contributed by atoms with E-state index in [0.717, 1.165) is 29.5 Å². The van der Waals surface area contributed by atoms with Crippen molar-refractivity contribution in [2.45, 2.75) is 39.0 Å². The van der Waals surface area contributed by atoms with Crippen molar-refractivity contribution in [2.24, 2.45) is 0 Å². The van der Waals surface area contributed by atoms with E-state index in [1.54, 1.807) is 0 Å². The molecule has 19 heavy (non-hydrogen) atoms. The molecular weight excluding hydrogens is 232 g/mol. The average molecular weight is 252 g/mol. The number of benzene rings is 1. The van der Waals surface area contributed by atoms with Crippen molar-refractivity contribution in [1.29, 1.82) is 0 Å². The van der Waals surface area contributed by atoms with Gasteiger partial charge in [-0.05, 0) is 60.6 Å². The molecule has 0 bridgehead atoms. The van der Waals surface area contributed by atoms with Crippen LogP contribution in [0.5, 0.6) is 0 Å². The molecule has 3 rings (SSSR count). The summed E-state index contributed by atoms with van der Waals surface area (Å²) < 4.78 is 0. The van der Waals surface area contributed by atoms with Crippen LogP contribution in [0, 0.1) is 0 Å². The molecule has 1 aliphatic rings. The minimum Gasteiger partial charge on any atom is -0.383 e. The van der Waals surface area contributed by atoms with Gasteiger partial charge in [-0.3, -0.25) is 0 Å². The van der Waals surface area contributed by atoms with Crippen LogP contribution in [-0.4, -0.2) is 4.98 Å². The average Bonchev–Trinajstić information content (AvgIpc) is 2.82. The van der Waals surface area contributed by atoms with E-state index in [-0.39, 0.29) is 0 Å². The van der Waals surface area contributed by atoms with E-state index >= 15 is 0 Å². The molecule has 0 spiro atoms. The Bertz CT molecular complexity index is 656. The van der Waals surface area contributed by atoms with E-state index in [0.29, 0.717) is 5.82 Å². The molecule has 1 heterocycles. The summed E-state index contributed by atoms with van der Waals surface area (Å²) in [7, 11) is 0. The van der Waals surface area contributed by atoms with Gasteiger partial charge >= 0.3 is 0 Å². The number of rotatable bonds is 3. The van der Waals surface area contributed by atoms with Gasteiger partial charge in [-0.2, -0.15) is 0 Å². The van der Waals surface area contributed by atoms with Gasteiger partial charge in [0.05, 0.1) is 5.52 Å². The molecule has 1 aliphatic carbocycles. The quantitative estimate of drug-likeness (QED) is 0.892. The predicted octanol–water partition coefficient (Wildman–Crippen LogP) is 4.12. The molecule has 1 aromatic carbocycles. The number of pyridine rings is 1. The van der Waals surface area contributed by atoms with E-state index < -0.39 is 0 Å². The number of aryl methyl sites for hydroxylation is 2. The summed E-state index contributed by atoms with van der Waals surface area (Å²) in [5, 5.41) is 1.20. The van der Waals surface area contributed by atoms with Crippen molar-refractivity contribution >= 4 is 22.3 Å². The lowest BCUT2D eigenvalue weighted by molar-refractivity contribution is 0.912. The number of hydrogen-bond donors (Lipinski definition) is 1. The largest absolute Gasteiger partial charge is 0.383 e. The second kappa shape index (κ2) is 4.69. The summed E-state index contributed by atoms with van der Waals surface area (Å²) in [5.74, 6) is 0.615. The minimum atomic E-state index is 0.615. The first-order chi connectivity index (χ1) is 9.19. The summed E-state index contributed by atoms with van der Waals surface area (Å²) >= 11 is 0. The van der Waals surface area contributed by atoms with Crippen molar-refractivity contribution in [2.75, 3.05) is 5.73 Å². The molecule has 2 heteroatoms. The van der Waals surface area contributed by atoms with Crippen molar-refractivity contribution in [3.8, 4) is 0 Å². The Kier molecular flexibility index (Phi) is 3.02. The highest BCUT2D eigenvalue weighted by Crippen LogP contribution is 2.31. The van der Waals surface area contributed by atoms with E-state index in [9.17, 15) is 0 Å². The van der Waals surface area contributed by atoms with Crippen molar-refractivity contribution in [3.05, 3.63) is 41.5 Å². The number of allylic oxidation sites excluding steroid dienone is 1. The molecule has 1 aromatic heterocycles. The van der Waals surface area contributed by atoms with Crippen LogP contribution in [0.15, 0.2) is 24.8 Å². The Balaban J connectivity index is 2.14. The Hall–Kier alpha value is -1.83. The summed E-state index contributed by atoms with van der Waals surface area (Å²) in [5.41, 5.74) is 12.1. The zero-order valence-corrected chi connectivity index (χ0v) is 11.5. The second-order valence-corrected chi connectivity index (χ2v) is 5.44. The highest BCUT2D eigenvalue weighted by atomic mass is 14.8. The monoisotopic (exact) mass is 252 g/mol. The van der Waals surface area contributed by atoms with Crippen LogP contribution >= 0.6 is 0 Å². The lowest BCUT2D eigenvalue weighted by atomic mass is 10.00. The summed E-state index contributed by atoms with van der Waals surface area (Å²) in [6.07, 6.45) is 5.69. The fourth-order valence-electron chi connectivity index (χ4n) is 2.98. The van der Waals surface area contributed by atoms with E-state index in [1.165, 1.54) is 35.8 Å². The Morgan fingerprint density at radius 2 is 2.00 bits per heavy atom. The van der Waals surface area contributed by atoms with Gasteiger partial charge < -0.3 is 5.73 Å². The smallest absolute Gasteiger partial charge is 0.131 e. The molecule has 0 saturated heterocycles. The Morgan fingerprint density at radius 3 is 2.74 bits per heavy atom. The van der Waals surface area contributed by atoms with E-state index in [4.69, 9.17) is 5.73 Å². The number of nitrogens with two attached hydrogens (primary N) is 1. The fraction of sp³-hybridized carbons (Fsp3) is 0.353. The minimum absolute atomic E-state index is 0.615. The maximum Gasteiger partial charge on any atom is 0.131 e. The third-order valence-electron chi connectivity index (χ3n) is 3.99. The van der Waals surface area contributed by atoms with Gasteiger partial charge in [0.2, 0.25) is 0 Å². The number of anilines is 1. The first-order valence-corrected chi connectivity index (χ1v) is 7.09. The molecule has 0 atom stereocenters.